The molecule has 0 spiro atoms. The van der Waals surface area contributed by atoms with E-state index in [0.29, 0.717) is 15.7 Å². The second-order valence-electron chi connectivity index (χ2n) is 5.36. The molecule has 9 heteroatoms. The van der Waals surface area contributed by atoms with Crippen LogP contribution in [0.15, 0.2) is 48.7 Å². The highest BCUT2D eigenvalue weighted by molar-refractivity contribution is 6.36. The van der Waals surface area contributed by atoms with Gasteiger partial charge in [-0.3, -0.25) is 4.79 Å². The number of rotatable bonds is 4. The Morgan fingerprint density at radius 3 is 2.31 bits per heavy atom. The Labute approximate surface area is 158 Å². The van der Waals surface area contributed by atoms with Crippen LogP contribution in [0.5, 0.6) is 0 Å². The summed E-state index contributed by atoms with van der Waals surface area (Å²) in [6.45, 7) is 0. The number of nitrogens with one attached hydrogen (secondary N) is 1. The fourth-order valence-corrected chi connectivity index (χ4v) is 2.95. The molecule has 0 aliphatic heterocycles. The Morgan fingerprint density at radius 2 is 1.73 bits per heavy atom. The van der Waals surface area contributed by atoms with Crippen molar-refractivity contribution in [2.75, 3.05) is 5.32 Å². The van der Waals surface area contributed by atoms with Gasteiger partial charge in [-0.15, -0.1) is 0 Å². The first-order chi connectivity index (χ1) is 12.3. The lowest BCUT2D eigenvalue weighted by molar-refractivity contribution is 0.0996. The number of anilines is 1. The van der Waals surface area contributed by atoms with E-state index < -0.39 is 11.9 Å². The number of primary amides is 2. The van der Waals surface area contributed by atoms with Crippen LogP contribution in [-0.4, -0.2) is 21.7 Å². The summed E-state index contributed by atoms with van der Waals surface area (Å²) in [7, 11) is 0. The largest absolute Gasteiger partial charge is 0.364 e. The van der Waals surface area contributed by atoms with Crippen LogP contribution in [0.3, 0.4) is 0 Å². The van der Waals surface area contributed by atoms with Gasteiger partial charge in [0.1, 0.15) is 0 Å². The second kappa shape index (κ2) is 7.07. The van der Waals surface area contributed by atoms with Crippen LogP contribution in [0.2, 0.25) is 10.0 Å². The molecule has 132 valence electrons. The van der Waals surface area contributed by atoms with Gasteiger partial charge in [0.05, 0.1) is 17.6 Å². The van der Waals surface area contributed by atoms with Crippen molar-refractivity contribution < 1.29 is 9.59 Å². The summed E-state index contributed by atoms with van der Waals surface area (Å²) in [5, 5.41) is 7.50. The van der Waals surface area contributed by atoms with Gasteiger partial charge in [0.2, 0.25) is 0 Å². The minimum absolute atomic E-state index is 0.0892. The summed E-state index contributed by atoms with van der Waals surface area (Å²) in [5.74, 6) is -0.780. The van der Waals surface area contributed by atoms with E-state index in [-0.39, 0.29) is 11.4 Å². The number of nitrogens with zero attached hydrogens (tertiary/aromatic N) is 2. The molecule has 0 bridgehead atoms. The van der Waals surface area contributed by atoms with Gasteiger partial charge in [-0.05, 0) is 29.8 Å². The van der Waals surface area contributed by atoms with Gasteiger partial charge in [-0.1, -0.05) is 41.4 Å². The molecule has 0 saturated carbocycles. The van der Waals surface area contributed by atoms with E-state index in [2.05, 4.69) is 10.4 Å². The van der Waals surface area contributed by atoms with Crippen LogP contribution in [0, 0.1) is 0 Å². The first-order valence-electron chi connectivity index (χ1n) is 7.37. The Balaban J connectivity index is 1.96. The van der Waals surface area contributed by atoms with Crippen molar-refractivity contribution in [3.8, 4) is 16.8 Å². The van der Waals surface area contributed by atoms with E-state index in [1.807, 2.05) is 18.2 Å². The highest BCUT2D eigenvalue weighted by Crippen LogP contribution is 2.31. The van der Waals surface area contributed by atoms with Crippen molar-refractivity contribution in [1.29, 1.82) is 0 Å². The predicted octanol–water partition coefficient (Wildman–Crippen LogP) is 3.44. The van der Waals surface area contributed by atoms with Gasteiger partial charge < -0.3 is 16.8 Å². The zero-order chi connectivity index (χ0) is 18.8. The number of amides is 3. The van der Waals surface area contributed by atoms with Crippen LogP contribution >= 0.6 is 23.2 Å². The van der Waals surface area contributed by atoms with E-state index in [9.17, 15) is 9.59 Å². The molecule has 0 aliphatic carbocycles. The molecule has 1 aromatic heterocycles. The molecular formula is C17H13Cl2N5O2. The fraction of sp³-hybridized carbons (Fsp3) is 0. The smallest absolute Gasteiger partial charge is 0.316 e. The van der Waals surface area contributed by atoms with Gasteiger partial charge in [0.25, 0.3) is 5.91 Å². The molecule has 0 unspecified atom stereocenters. The SMILES string of the molecule is NC(=O)Nc1cn(-c2ccc(-c3ccc(Cl)cc3Cl)cc2)nc1C(N)=O. The average molecular weight is 390 g/mol. The maximum atomic E-state index is 11.5. The molecular weight excluding hydrogens is 377 g/mol. The summed E-state index contributed by atoms with van der Waals surface area (Å²) in [4.78, 5) is 22.5. The van der Waals surface area contributed by atoms with Crippen LogP contribution < -0.4 is 16.8 Å². The van der Waals surface area contributed by atoms with Crippen molar-refractivity contribution in [1.82, 2.24) is 9.78 Å². The molecule has 2 aromatic carbocycles. The second-order valence-corrected chi connectivity index (χ2v) is 6.20. The quantitative estimate of drug-likeness (QED) is 0.634. The summed E-state index contributed by atoms with van der Waals surface area (Å²) >= 11 is 12.1. The molecule has 0 saturated heterocycles. The first kappa shape index (κ1) is 17.8. The monoisotopic (exact) mass is 389 g/mol. The number of urea groups is 1. The molecule has 7 nitrogen and oxygen atoms in total. The van der Waals surface area contributed by atoms with Crippen LogP contribution in [0.4, 0.5) is 10.5 Å². The molecule has 26 heavy (non-hydrogen) atoms. The highest BCUT2D eigenvalue weighted by atomic mass is 35.5. The molecule has 0 radical (unpaired) electrons. The van der Waals surface area contributed by atoms with Crippen LogP contribution in [0.1, 0.15) is 10.5 Å². The van der Waals surface area contributed by atoms with Crippen LogP contribution in [-0.2, 0) is 0 Å². The summed E-state index contributed by atoms with van der Waals surface area (Å²) in [6, 6.07) is 11.7. The maximum Gasteiger partial charge on any atom is 0.316 e. The molecule has 3 amide bonds. The van der Waals surface area contributed by atoms with Crippen molar-refractivity contribution in [2.24, 2.45) is 11.5 Å². The summed E-state index contributed by atoms with van der Waals surface area (Å²) < 4.78 is 1.42. The fourth-order valence-electron chi connectivity index (χ4n) is 2.43. The third-order valence-electron chi connectivity index (χ3n) is 3.58. The third-order valence-corrected chi connectivity index (χ3v) is 4.13. The summed E-state index contributed by atoms with van der Waals surface area (Å²) in [5.41, 5.74) is 12.8. The number of halogens is 2. The lowest BCUT2D eigenvalue weighted by Crippen LogP contribution is -2.22. The van der Waals surface area contributed by atoms with Crippen molar-refractivity contribution in [2.45, 2.75) is 0 Å². The number of aromatic nitrogens is 2. The lowest BCUT2D eigenvalue weighted by Gasteiger charge is -2.07. The van der Waals surface area contributed by atoms with Crippen molar-refractivity contribution in [3.63, 3.8) is 0 Å². The van der Waals surface area contributed by atoms with Gasteiger partial charge in [-0.25, -0.2) is 9.48 Å². The molecule has 0 aliphatic rings. The molecule has 3 aromatic rings. The van der Waals surface area contributed by atoms with Gasteiger partial charge in [-0.2, -0.15) is 5.10 Å². The number of carbonyl (C=O) groups is 2. The molecule has 0 atom stereocenters. The molecule has 3 rings (SSSR count). The number of hydrogen-bond acceptors (Lipinski definition) is 3. The highest BCUT2D eigenvalue weighted by Gasteiger charge is 2.16. The Kier molecular flexibility index (Phi) is 4.83. The van der Waals surface area contributed by atoms with E-state index in [4.69, 9.17) is 34.7 Å². The minimum Gasteiger partial charge on any atom is -0.364 e. The molecule has 0 fully saturated rings. The Morgan fingerprint density at radius 1 is 1.04 bits per heavy atom. The normalized spacial score (nSPS) is 10.5. The number of carbonyl (C=O) groups excluding carboxylic acids is 2. The zero-order valence-corrected chi connectivity index (χ0v) is 14.8. The first-order valence-corrected chi connectivity index (χ1v) is 8.12. The van der Waals surface area contributed by atoms with Crippen molar-refractivity contribution in [3.05, 3.63) is 64.4 Å². The number of benzene rings is 2. The van der Waals surface area contributed by atoms with Gasteiger partial charge in [0, 0.05) is 15.6 Å². The predicted molar refractivity (Wildman–Crippen MR) is 101 cm³/mol. The molecule has 5 N–H and O–H groups in total. The van der Waals surface area contributed by atoms with Crippen molar-refractivity contribution >= 4 is 40.8 Å². The maximum absolute atomic E-state index is 11.5. The standard InChI is InChI=1S/C17H13Cl2N5O2/c18-10-3-6-12(13(19)7-10)9-1-4-11(5-2-9)24-8-14(22-17(21)26)15(23-24)16(20)25/h1-8H,(H2,20,25)(H3,21,22,26). The summed E-state index contributed by atoms with van der Waals surface area (Å²) in [6.07, 6.45) is 1.45. The zero-order valence-electron chi connectivity index (χ0n) is 13.2. The lowest BCUT2D eigenvalue weighted by atomic mass is 10.1. The topological polar surface area (TPSA) is 116 Å². The third kappa shape index (κ3) is 3.63. The Bertz CT molecular complexity index is 999. The van der Waals surface area contributed by atoms with E-state index in [0.717, 1.165) is 11.1 Å². The van der Waals surface area contributed by atoms with Crippen LogP contribution in [0.25, 0.3) is 16.8 Å². The van der Waals surface area contributed by atoms with E-state index >= 15 is 0 Å². The van der Waals surface area contributed by atoms with E-state index in [1.54, 1.807) is 24.3 Å². The molecule has 1 heterocycles. The number of hydrogen-bond donors (Lipinski definition) is 3. The van der Waals surface area contributed by atoms with E-state index in [1.165, 1.54) is 10.9 Å². The Hall–Kier alpha value is -3.03. The number of nitrogens with two attached hydrogens (primary N) is 2. The minimum atomic E-state index is -0.820. The van der Waals surface area contributed by atoms with Gasteiger partial charge in [0.15, 0.2) is 5.69 Å². The van der Waals surface area contributed by atoms with Gasteiger partial charge >= 0.3 is 6.03 Å². The average Bonchev–Trinajstić information content (AvgIpc) is 2.98.